The van der Waals surface area contributed by atoms with Crippen LogP contribution in [-0.2, 0) is 6.54 Å². The smallest absolute Gasteiger partial charge is 0.228 e. The SMILES string of the molecule is COc1ccc(-c2nc(C(=O)c3ccccc3)n(CCF)c2-c2ccc(OC)cc2)cc1. The summed E-state index contributed by atoms with van der Waals surface area (Å²) in [5.74, 6) is 1.36. The van der Waals surface area contributed by atoms with Crippen molar-refractivity contribution in [2.75, 3.05) is 20.9 Å². The Kier molecular flexibility index (Phi) is 6.31. The molecule has 1 heterocycles. The number of ether oxygens (including phenoxy) is 2. The van der Waals surface area contributed by atoms with Gasteiger partial charge in [0.25, 0.3) is 0 Å². The Morgan fingerprint density at radius 1 is 0.844 bits per heavy atom. The largest absolute Gasteiger partial charge is 0.497 e. The molecule has 1 aromatic heterocycles. The number of aromatic nitrogens is 2. The highest BCUT2D eigenvalue weighted by atomic mass is 19.1. The molecule has 162 valence electrons. The monoisotopic (exact) mass is 430 g/mol. The maximum atomic E-state index is 13.7. The Bertz CT molecular complexity index is 1200. The molecular formula is C26H23FN2O3. The molecule has 3 aromatic carbocycles. The molecule has 0 amide bonds. The minimum Gasteiger partial charge on any atom is -0.497 e. The van der Waals surface area contributed by atoms with Gasteiger partial charge in [-0.15, -0.1) is 0 Å². The molecule has 5 nitrogen and oxygen atoms in total. The number of nitrogens with zero attached hydrogens (tertiary/aromatic N) is 2. The third-order valence-electron chi connectivity index (χ3n) is 5.24. The van der Waals surface area contributed by atoms with Crippen molar-refractivity contribution in [3.63, 3.8) is 0 Å². The summed E-state index contributed by atoms with van der Waals surface area (Å²) in [5.41, 5.74) is 3.39. The first-order valence-electron chi connectivity index (χ1n) is 10.2. The predicted octanol–water partition coefficient (Wildman–Crippen LogP) is 5.43. The van der Waals surface area contributed by atoms with Crippen LogP contribution >= 0.6 is 0 Å². The molecule has 0 spiro atoms. The normalized spacial score (nSPS) is 10.7. The van der Waals surface area contributed by atoms with E-state index in [1.165, 1.54) is 0 Å². The number of methoxy groups -OCH3 is 2. The molecule has 0 saturated heterocycles. The first-order valence-corrected chi connectivity index (χ1v) is 10.2. The highest BCUT2D eigenvalue weighted by Gasteiger charge is 2.25. The molecule has 0 bridgehead atoms. The van der Waals surface area contributed by atoms with Crippen molar-refractivity contribution >= 4 is 5.78 Å². The summed E-state index contributed by atoms with van der Waals surface area (Å²) in [6.45, 7) is -0.616. The molecule has 0 N–H and O–H groups in total. The molecule has 0 aliphatic rings. The fraction of sp³-hybridized carbons (Fsp3) is 0.154. The summed E-state index contributed by atoms with van der Waals surface area (Å²) < 4.78 is 25.9. The molecule has 0 atom stereocenters. The summed E-state index contributed by atoms with van der Waals surface area (Å²) in [4.78, 5) is 18.0. The Morgan fingerprint density at radius 3 is 1.94 bits per heavy atom. The van der Waals surface area contributed by atoms with Crippen LogP contribution in [0.25, 0.3) is 22.5 Å². The summed E-state index contributed by atoms with van der Waals surface area (Å²) in [6.07, 6.45) is 0. The van der Waals surface area contributed by atoms with Gasteiger partial charge in [-0.25, -0.2) is 9.37 Å². The lowest BCUT2D eigenvalue weighted by Crippen LogP contribution is -2.13. The van der Waals surface area contributed by atoms with Crippen LogP contribution in [0.15, 0.2) is 78.9 Å². The number of rotatable bonds is 8. The van der Waals surface area contributed by atoms with Crippen LogP contribution in [0.5, 0.6) is 11.5 Å². The predicted molar refractivity (Wildman–Crippen MR) is 122 cm³/mol. The molecule has 6 heteroatoms. The number of benzene rings is 3. The van der Waals surface area contributed by atoms with E-state index in [0.29, 0.717) is 28.5 Å². The van der Waals surface area contributed by atoms with Crippen LogP contribution in [0.2, 0.25) is 0 Å². The zero-order valence-electron chi connectivity index (χ0n) is 17.9. The third-order valence-corrected chi connectivity index (χ3v) is 5.24. The second kappa shape index (κ2) is 9.47. The number of carbonyl (C=O) groups is 1. The maximum absolute atomic E-state index is 13.7. The van der Waals surface area contributed by atoms with E-state index in [1.54, 1.807) is 43.1 Å². The molecule has 0 fully saturated rings. The minimum absolute atomic E-state index is 0.0123. The van der Waals surface area contributed by atoms with Gasteiger partial charge in [0, 0.05) is 16.7 Å². The van der Waals surface area contributed by atoms with Crippen LogP contribution in [0.3, 0.4) is 0 Å². The van der Waals surface area contributed by atoms with Gasteiger partial charge in [0.05, 0.1) is 32.2 Å². The topological polar surface area (TPSA) is 53.3 Å². The van der Waals surface area contributed by atoms with Gasteiger partial charge in [0.2, 0.25) is 5.78 Å². The Morgan fingerprint density at radius 2 is 1.41 bits per heavy atom. The number of carbonyl (C=O) groups excluding carboxylic acids is 1. The number of ketones is 1. The third kappa shape index (κ3) is 4.12. The van der Waals surface area contributed by atoms with Crippen LogP contribution in [0.1, 0.15) is 16.2 Å². The molecule has 4 aromatic rings. The van der Waals surface area contributed by atoms with Crippen LogP contribution in [0, 0.1) is 0 Å². The van der Waals surface area contributed by atoms with Gasteiger partial charge >= 0.3 is 0 Å². The van der Waals surface area contributed by atoms with Crippen molar-refractivity contribution < 1.29 is 18.7 Å². The summed E-state index contributed by atoms with van der Waals surface area (Å²) in [6, 6.07) is 23.8. The second-order valence-electron chi connectivity index (χ2n) is 7.13. The molecule has 0 aliphatic carbocycles. The van der Waals surface area contributed by atoms with Gasteiger partial charge in [0.15, 0.2) is 5.82 Å². The zero-order valence-corrected chi connectivity index (χ0v) is 17.9. The van der Waals surface area contributed by atoms with Gasteiger partial charge in [-0.2, -0.15) is 0 Å². The maximum Gasteiger partial charge on any atom is 0.228 e. The van der Waals surface area contributed by atoms with E-state index in [9.17, 15) is 9.18 Å². The standard InChI is InChI=1S/C26H23FN2O3/c1-31-21-12-8-18(9-13-21)23-24(19-10-14-22(32-2)15-11-19)29(17-16-27)26(28-23)25(30)20-6-4-3-5-7-20/h3-15H,16-17H2,1-2H3. The fourth-order valence-electron chi connectivity index (χ4n) is 3.64. The summed E-state index contributed by atoms with van der Waals surface area (Å²) in [7, 11) is 3.20. The number of imidazole rings is 1. The van der Waals surface area contributed by atoms with Gasteiger partial charge in [-0.1, -0.05) is 30.3 Å². The molecule has 0 saturated carbocycles. The lowest BCUT2D eigenvalue weighted by molar-refractivity contribution is 0.102. The molecule has 0 unspecified atom stereocenters. The number of hydrogen-bond acceptors (Lipinski definition) is 4. The first-order chi connectivity index (χ1) is 15.7. The minimum atomic E-state index is -0.628. The van der Waals surface area contributed by atoms with Crippen LogP contribution < -0.4 is 9.47 Å². The highest BCUT2D eigenvalue weighted by Crippen LogP contribution is 2.35. The lowest BCUT2D eigenvalue weighted by Gasteiger charge is -2.12. The van der Waals surface area contributed by atoms with E-state index in [0.717, 1.165) is 11.1 Å². The zero-order chi connectivity index (χ0) is 22.5. The van der Waals surface area contributed by atoms with E-state index in [-0.39, 0.29) is 18.2 Å². The van der Waals surface area contributed by atoms with Gasteiger partial charge in [-0.05, 0) is 48.5 Å². The van der Waals surface area contributed by atoms with E-state index >= 15 is 0 Å². The summed E-state index contributed by atoms with van der Waals surface area (Å²) in [5, 5.41) is 0. The number of alkyl halides is 1. The van der Waals surface area contributed by atoms with E-state index in [4.69, 9.17) is 14.5 Å². The molecule has 4 rings (SSSR count). The fourth-order valence-corrected chi connectivity index (χ4v) is 3.64. The molecule has 0 aliphatic heterocycles. The quantitative estimate of drug-likeness (QED) is 0.350. The van der Waals surface area contributed by atoms with Gasteiger partial charge in [0.1, 0.15) is 18.2 Å². The highest BCUT2D eigenvalue weighted by molar-refractivity contribution is 6.08. The van der Waals surface area contributed by atoms with Gasteiger partial charge in [-0.3, -0.25) is 4.79 Å². The number of halogens is 1. The van der Waals surface area contributed by atoms with E-state index < -0.39 is 6.67 Å². The Hall–Kier alpha value is -3.93. The van der Waals surface area contributed by atoms with Crippen LogP contribution in [-0.4, -0.2) is 36.2 Å². The van der Waals surface area contributed by atoms with Crippen molar-refractivity contribution in [2.45, 2.75) is 6.54 Å². The van der Waals surface area contributed by atoms with Crippen molar-refractivity contribution in [1.29, 1.82) is 0 Å². The molecular weight excluding hydrogens is 407 g/mol. The summed E-state index contributed by atoms with van der Waals surface area (Å²) >= 11 is 0. The second-order valence-corrected chi connectivity index (χ2v) is 7.13. The Labute approximate surface area is 186 Å². The van der Waals surface area contributed by atoms with Crippen molar-refractivity contribution in [3.8, 4) is 34.0 Å². The first kappa shape index (κ1) is 21.3. The number of hydrogen-bond donors (Lipinski definition) is 0. The van der Waals surface area contributed by atoms with Crippen molar-refractivity contribution in [1.82, 2.24) is 9.55 Å². The molecule has 0 radical (unpaired) electrons. The lowest BCUT2D eigenvalue weighted by atomic mass is 10.0. The average molecular weight is 430 g/mol. The Balaban J connectivity index is 1.94. The average Bonchev–Trinajstić information content (AvgIpc) is 3.23. The van der Waals surface area contributed by atoms with E-state index in [2.05, 4.69) is 0 Å². The van der Waals surface area contributed by atoms with Crippen LogP contribution in [0.4, 0.5) is 4.39 Å². The van der Waals surface area contributed by atoms with Crippen molar-refractivity contribution in [3.05, 3.63) is 90.3 Å². The van der Waals surface area contributed by atoms with Crippen molar-refractivity contribution in [2.24, 2.45) is 0 Å². The van der Waals surface area contributed by atoms with Gasteiger partial charge < -0.3 is 14.0 Å². The van der Waals surface area contributed by atoms with E-state index in [1.807, 2.05) is 54.6 Å². The molecule has 32 heavy (non-hydrogen) atoms.